The van der Waals surface area contributed by atoms with Crippen LogP contribution in [0.5, 0.6) is 0 Å². The van der Waals surface area contributed by atoms with Crippen molar-refractivity contribution < 1.29 is 0 Å². The minimum absolute atomic E-state index is 0.717. The highest BCUT2D eigenvalue weighted by atomic mass is 14.8. The van der Waals surface area contributed by atoms with Crippen molar-refractivity contribution in [3.8, 4) is 0 Å². The Labute approximate surface area is 205 Å². The Morgan fingerprint density at radius 2 is 0.743 bits per heavy atom. The quantitative estimate of drug-likeness (QED) is 0.189. The zero-order valence-electron chi connectivity index (χ0n) is 20.0. The van der Waals surface area contributed by atoms with Crippen molar-refractivity contribution >= 4 is 65.9 Å². The first kappa shape index (κ1) is 21.2. The van der Waals surface area contributed by atoms with Crippen molar-refractivity contribution in [3.05, 3.63) is 109 Å². The summed E-state index contributed by atoms with van der Waals surface area (Å²) in [4.78, 5) is 10.3. The fourth-order valence-electron chi connectivity index (χ4n) is 5.05. The van der Waals surface area contributed by atoms with E-state index in [2.05, 4.69) is 123 Å². The van der Waals surface area contributed by atoms with E-state index >= 15 is 0 Å². The van der Waals surface area contributed by atoms with Gasteiger partial charge >= 0.3 is 0 Å². The molecular weight excluding hydrogens is 424 g/mol. The maximum Gasteiger partial charge on any atom is 0.0785 e. The van der Waals surface area contributed by atoms with Crippen LogP contribution in [0, 0.1) is 0 Å². The van der Waals surface area contributed by atoms with E-state index in [-0.39, 0.29) is 0 Å². The number of nitrogens with zero attached hydrogens (tertiary/aromatic N) is 2. The summed E-state index contributed by atoms with van der Waals surface area (Å²) >= 11 is 0. The second kappa shape index (κ2) is 8.81. The van der Waals surface area contributed by atoms with Crippen molar-refractivity contribution in [2.24, 2.45) is 9.98 Å². The molecule has 0 aliphatic carbocycles. The molecular formula is C33H26N2. The standard InChI is InChI=1S/C33H26N2/c1-22(34-32-28-15-7-3-11-24(28)20-25-12-4-8-16-29(25)32)19-23(2)35-33-30-17-9-5-13-26(30)21-27-14-6-10-18-31(27)33/h3-18,20-21H,19H2,1-2H3. The van der Waals surface area contributed by atoms with Crippen LogP contribution >= 0.6 is 0 Å². The minimum Gasteiger partial charge on any atom is -0.256 e. The molecule has 168 valence electrons. The van der Waals surface area contributed by atoms with Gasteiger partial charge in [0.1, 0.15) is 0 Å². The zero-order valence-corrected chi connectivity index (χ0v) is 20.0. The molecule has 6 aromatic carbocycles. The van der Waals surface area contributed by atoms with Crippen molar-refractivity contribution in [1.82, 2.24) is 0 Å². The van der Waals surface area contributed by atoms with Crippen LogP contribution in [-0.4, -0.2) is 11.4 Å². The normalized spacial score (nSPS) is 12.7. The molecule has 0 unspecified atom stereocenters. The highest BCUT2D eigenvalue weighted by Gasteiger charge is 2.10. The van der Waals surface area contributed by atoms with Crippen LogP contribution < -0.4 is 0 Å². The third-order valence-electron chi connectivity index (χ3n) is 6.60. The molecule has 6 aromatic rings. The second-order valence-corrected chi connectivity index (χ2v) is 9.21. The number of aliphatic imine (C=N–C) groups is 2. The summed E-state index contributed by atoms with van der Waals surface area (Å²) in [7, 11) is 0. The van der Waals surface area contributed by atoms with Crippen molar-refractivity contribution in [2.75, 3.05) is 0 Å². The first-order valence-electron chi connectivity index (χ1n) is 12.1. The molecule has 2 nitrogen and oxygen atoms in total. The third kappa shape index (κ3) is 3.98. The molecule has 0 heterocycles. The van der Waals surface area contributed by atoms with Crippen LogP contribution in [0.4, 0.5) is 11.4 Å². The summed E-state index contributed by atoms with van der Waals surface area (Å²) in [5.41, 5.74) is 4.19. The topological polar surface area (TPSA) is 24.7 Å². The Kier molecular flexibility index (Phi) is 5.35. The molecule has 0 saturated heterocycles. The summed E-state index contributed by atoms with van der Waals surface area (Å²) in [6, 6.07) is 38.5. The van der Waals surface area contributed by atoms with Gasteiger partial charge in [-0.2, -0.15) is 0 Å². The maximum absolute atomic E-state index is 5.16. The molecule has 0 saturated carbocycles. The van der Waals surface area contributed by atoms with Crippen LogP contribution in [0.15, 0.2) is 119 Å². The molecule has 0 bridgehead atoms. The number of hydrogen-bond acceptors (Lipinski definition) is 2. The van der Waals surface area contributed by atoms with Gasteiger partial charge in [-0.3, -0.25) is 9.98 Å². The largest absolute Gasteiger partial charge is 0.256 e. The van der Waals surface area contributed by atoms with E-state index < -0.39 is 0 Å². The van der Waals surface area contributed by atoms with Gasteiger partial charge in [-0.25, -0.2) is 0 Å². The lowest BCUT2D eigenvalue weighted by atomic mass is 10.0. The third-order valence-corrected chi connectivity index (χ3v) is 6.60. The van der Waals surface area contributed by atoms with Gasteiger partial charge in [0, 0.05) is 39.4 Å². The van der Waals surface area contributed by atoms with E-state index in [4.69, 9.17) is 9.98 Å². The fourth-order valence-corrected chi connectivity index (χ4v) is 5.05. The summed E-state index contributed by atoms with van der Waals surface area (Å²) in [5.74, 6) is 0. The molecule has 6 rings (SSSR count). The van der Waals surface area contributed by atoms with E-state index in [1.807, 2.05) is 0 Å². The van der Waals surface area contributed by atoms with Crippen LogP contribution in [0.1, 0.15) is 20.3 Å². The number of benzene rings is 6. The van der Waals surface area contributed by atoms with E-state index in [0.29, 0.717) is 0 Å². The van der Waals surface area contributed by atoms with Gasteiger partial charge in [-0.1, -0.05) is 97.1 Å². The van der Waals surface area contributed by atoms with E-state index in [9.17, 15) is 0 Å². The predicted molar refractivity (Wildman–Crippen MR) is 153 cm³/mol. The summed E-state index contributed by atoms with van der Waals surface area (Å²) in [6.07, 6.45) is 0.717. The Hall–Kier alpha value is -4.30. The molecule has 0 fully saturated rings. The Morgan fingerprint density at radius 3 is 1.06 bits per heavy atom. The molecule has 0 aliphatic heterocycles. The molecule has 0 amide bonds. The van der Waals surface area contributed by atoms with Gasteiger partial charge in [0.25, 0.3) is 0 Å². The molecule has 0 aliphatic rings. The summed E-state index contributed by atoms with van der Waals surface area (Å²) in [5, 5.41) is 9.58. The lowest BCUT2D eigenvalue weighted by Crippen LogP contribution is -2.00. The SMILES string of the molecule is CC(CC(C)=Nc1c2ccccc2cc2ccccc12)=Nc1c2ccccc2cc2ccccc12. The molecule has 0 radical (unpaired) electrons. The van der Waals surface area contributed by atoms with Crippen molar-refractivity contribution in [2.45, 2.75) is 20.3 Å². The van der Waals surface area contributed by atoms with Gasteiger partial charge in [0.15, 0.2) is 0 Å². The van der Waals surface area contributed by atoms with E-state index in [1.165, 1.54) is 43.1 Å². The fraction of sp³-hybridized carbons (Fsp3) is 0.0909. The van der Waals surface area contributed by atoms with Crippen LogP contribution in [0.3, 0.4) is 0 Å². The number of hydrogen-bond donors (Lipinski definition) is 0. The number of fused-ring (bicyclic) bond motifs is 4. The molecule has 35 heavy (non-hydrogen) atoms. The zero-order chi connectivity index (χ0) is 23.8. The first-order valence-corrected chi connectivity index (χ1v) is 12.1. The molecule has 0 N–H and O–H groups in total. The van der Waals surface area contributed by atoms with Gasteiger partial charge in [-0.15, -0.1) is 0 Å². The molecule has 0 atom stereocenters. The van der Waals surface area contributed by atoms with E-state index in [0.717, 1.165) is 29.2 Å². The molecule has 0 spiro atoms. The van der Waals surface area contributed by atoms with Crippen molar-refractivity contribution in [3.63, 3.8) is 0 Å². The van der Waals surface area contributed by atoms with Crippen LogP contribution in [-0.2, 0) is 0 Å². The highest BCUT2D eigenvalue weighted by Crippen LogP contribution is 2.37. The molecule has 0 aromatic heterocycles. The van der Waals surface area contributed by atoms with Crippen LogP contribution in [0.25, 0.3) is 43.1 Å². The minimum atomic E-state index is 0.717. The predicted octanol–water partition coefficient (Wildman–Crippen LogP) is 9.57. The Bertz CT molecular complexity index is 1550. The summed E-state index contributed by atoms with van der Waals surface area (Å²) < 4.78 is 0. The highest BCUT2D eigenvalue weighted by molar-refractivity contribution is 6.15. The lowest BCUT2D eigenvalue weighted by Gasteiger charge is -2.11. The second-order valence-electron chi connectivity index (χ2n) is 9.21. The maximum atomic E-state index is 5.16. The first-order chi connectivity index (χ1) is 17.2. The van der Waals surface area contributed by atoms with Gasteiger partial charge in [0.05, 0.1) is 11.4 Å². The smallest absolute Gasteiger partial charge is 0.0785 e. The van der Waals surface area contributed by atoms with Crippen molar-refractivity contribution in [1.29, 1.82) is 0 Å². The van der Waals surface area contributed by atoms with Gasteiger partial charge in [-0.05, 0) is 47.5 Å². The van der Waals surface area contributed by atoms with Gasteiger partial charge in [0.2, 0.25) is 0 Å². The Balaban J connectivity index is 1.45. The average Bonchev–Trinajstić information content (AvgIpc) is 2.88. The monoisotopic (exact) mass is 450 g/mol. The Morgan fingerprint density at radius 1 is 0.457 bits per heavy atom. The van der Waals surface area contributed by atoms with Gasteiger partial charge < -0.3 is 0 Å². The van der Waals surface area contributed by atoms with E-state index in [1.54, 1.807) is 0 Å². The molecule has 2 heteroatoms. The lowest BCUT2D eigenvalue weighted by molar-refractivity contribution is 1.39. The number of rotatable bonds is 4. The van der Waals surface area contributed by atoms with Crippen LogP contribution in [0.2, 0.25) is 0 Å². The average molecular weight is 451 g/mol. The summed E-state index contributed by atoms with van der Waals surface area (Å²) in [6.45, 7) is 4.22.